The Morgan fingerprint density at radius 3 is 2.20 bits per heavy atom. The van der Waals surface area contributed by atoms with E-state index in [0.717, 1.165) is 6.29 Å². The average molecular weight is 100 g/mol. The van der Waals surface area contributed by atoms with Gasteiger partial charge in [0.1, 0.15) is 6.29 Å². The SMILES string of the molecule is CCC=O.[Ca+2].[H-].[H-]. The van der Waals surface area contributed by atoms with Crippen LogP contribution in [0.25, 0.3) is 0 Å². The first kappa shape index (κ1) is 9.33. The van der Waals surface area contributed by atoms with Crippen LogP contribution >= 0.6 is 0 Å². The Bertz CT molecular complexity index is 26.9. The monoisotopic (exact) mass is 100 g/mol. The van der Waals surface area contributed by atoms with Crippen molar-refractivity contribution in [3.05, 3.63) is 0 Å². The van der Waals surface area contributed by atoms with Crippen molar-refractivity contribution in [2.75, 3.05) is 0 Å². The van der Waals surface area contributed by atoms with Crippen molar-refractivity contribution in [1.82, 2.24) is 0 Å². The molecule has 0 aliphatic heterocycles. The van der Waals surface area contributed by atoms with E-state index in [0.29, 0.717) is 6.42 Å². The smallest absolute Gasteiger partial charge is 1.00 e. The molecule has 0 N–H and O–H groups in total. The number of aldehydes is 1. The largest absolute Gasteiger partial charge is 2.00 e. The van der Waals surface area contributed by atoms with Crippen molar-refractivity contribution in [3.63, 3.8) is 0 Å². The fourth-order valence-corrected chi connectivity index (χ4v) is 0. The van der Waals surface area contributed by atoms with E-state index in [2.05, 4.69) is 0 Å². The fraction of sp³-hybridized carbons (Fsp3) is 0.667. The van der Waals surface area contributed by atoms with Crippen molar-refractivity contribution in [1.29, 1.82) is 0 Å². The molecule has 0 rings (SSSR count). The van der Waals surface area contributed by atoms with Crippen LogP contribution in [0, 0.1) is 0 Å². The van der Waals surface area contributed by atoms with Gasteiger partial charge < -0.3 is 7.65 Å². The summed E-state index contributed by atoms with van der Waals surface area (Å²) < 4.78 is 0. The summed E-state index contributed by atoms with van der Waals surface area (Å²) >= 11 is 0. The van der Waals surface area contributed by atoms with Crippen LogP contribution in [0.2, 0.25) is 0 Å². The zero-order chi connectivity index (χ0) is 3.41. The summed E-state index contributed by atoms with van der Waals surface area (Å²) in [7, 11) is 0. The number of hydrogen-bond donors (Lipinski definition) is 0. The Hall–Kier alpha value is 0.930. The molecule has 0 fully saturated rings. The van der Waals surface area contributed by atoms with Crippen molar-refractivity contribution in [3.8, 4) is 0 Å². The first-order valence-corrected chi connectivity index (χ1v) is 1.35. The Kier molecular flexibility index (Phi) is 16.6. The first-order valence-electron chi connectivity index (χ1n) is 1.35. The van der Waals surface area contributed by atoms with Crippen LogP contribution in [0.1, 0.15) is 16.2 Å². The maximum Gasteiger partial charge on any atom is 2.00 e. The van der Waals surface area contributed by atoms with Gasteiger partial charge in [0.2, 0.25) is 0 Å². The molecule has 0 aliphatic rings. The summed E-state index contributed by atoms with van der Waals surface area (Å²) in [5.74, 6) is 0. The number of hydrogen-bond acceptors (Lipinski definition) is 1. The van der Waals surface area contributed by atoms with Crippen LogP contribution in [-0.2, 0) is 4.79 Å². The second kappa shape index (κ2) is 8.87. The van der Waals surface area contributed by atoms with Gasteiger partial charge in [0.25, 0.3) is 0 Å². The molecule has 0 aromatic heterocycles. The molecule has 0 atom stereocenters. The molecular weight excluding hydrogens is 92.1 g/mol. The summed E-state index contributed by atoms with van der Waals surface area (Å²) in [5, 5.41) is 0. The Labute approximate surface area is 64.7 Å². The molecule has 5 heavy (non-hydrogen) atoms. The van der Waals surface area contributed by atoms with Gasteiger partial charge in [-0.2, -0.15) is 0 Å². The van der Waals surface area contributed by atoms with Crippen LogP contribution in [0.15, 0.2) is 0 Å². The Morgan fingerprint density at radius 2 is 2.20 bits per heavy atom. The molecule has 0 amide bonds. The molecule has 0 saturated carbocycles. The van der Waals surface area contributed by atoms with Gasteiger partial charge in [-0.25, -0.2) is 0 Å². The van der Waals surface area contributed by atoms with Gasteiger partial charge in [-0.15, -0.1) is 0 Å². The van der Waals surface area contributed by atoms with Crippen molar-refractivity contribution >= 4 is 44.0 Å². The third-order valence-corrected chi connectivity index (χ3v) is 0.167. The van der Waals surface area contributed by atoms with Crippen LogP contribution in [0.5, 0.6) is 0 Å². The van der Waals surface area contributed by atoms with E-state index in [-0.39, 0.29) is 40.6 Å². The predicted octanol–water partition coefficient (Wildman–Crippen LogP) is 0.439. The third-order valence-electron chi connectivity index (χ3n) is 0.167. The normalized spacial score (nSPS) is 5.00. The molecule has 0 aromatic rings. The third kappa shape index (κ3) is 11.4. The van der Waals surface area contributed by atoms with E-state index in [1.54, 1.807) is 0 Å². The number of carbonyl (C=O) groups is 1. The molecule has 2 heteroatoms. The van der Waals surface area contributed by atoms with Gasteiger partial charge in [-0.1, -0.05) is 6.92 Å². The Morgan fingerprint density at radius 1 is 2.00 bits per heavy atom. The number of carbonyl (C=O) groups excluding carboxylic acids is 1. The Balaban J connectivity index is -0.0000000150. The summed E-state index contributed by atoms with van der Waals surface area (Å²) in [6, 6.07) is 0. The second-order valence-electron chi connectivity index (χ2n) is 0.575. The maximum atomic E-state index is 9.17. The van der Waals surface area contributed by atoms with Crippen LogP contribution in [0.4, 0.5) is 0 Å². The minimum Gasteiger partial charge on any atom is -1.00 e. The summed E-state index contributed by atoms with van der Waals surface area (Å²) in [6.07, 6.45) is 1.51. The molecule has 0 spiro atoms. The first-order chi connectivity index (χ1) is 1.91. The zero-order valence-electron chi connectivity index (χ0n) is 5.40. The zero-order valence-corrected chi connectivity index (χ0v) is 5.61. The summed E-state index contributed by atoms with van der Waals surface area (Å²) in [4.78, 5) is 9.17. The molecule has 0 aromatic carbocycles. The molecule has 0 aliphatic carbocycles. The van der Waals surface area contributed by atoms with Crippen molar-refractivity contribution in [2.24, 2.45) is 0 Å². The average Bonchev–Trinajstić information content (AvgIpc) is 1.37. The molecule has 0 bridgehead atoms. The quantitative estimate of drug-likeness (QED) is 0.345. The van der Waals surface area contributed by atoms with Gasteiger partial charge in [-0.05, 0) is 0 Å². The van der Waals surface area contributed by atoms with Gasteiger partial charge in [0.15, 0.2) is 0 Å². The summed E-state index contributed by atoms with van der Waals surface area (Å²) in [5.41, 5.74) is 0. The van der Waals surface area contributed by atoms with E-state index < -0.39 is 0 Å². The maximum absolute atomic E-state index is 9.17. The standard InChI is InChI=1S/C3H6O.Ca.2H/c1-2-3-4;;;/h3H,2H2,1H3;;;/q;+2;2*-1. The number of rotatable bonds is 1. The van der Waals surface area contributed by atoms with E-state index in [1.807, 2.05) is 6.92 Å². The van der Waals surface area contributed by atoms with Gasteiger partial charge >= 0.3 is 37.7 Å². The minimum atomic E-state index is 0. The van der Waals surface area contributed by atoms with E-state index >= 15 is 0 Å². The van der Waals surface area contributed by atoms with Gasteiger partial charge in [0, 0.05) is 6.42 Å². The second-order valence-corrected chi connectivity index (χ2v) is 0.575. The molecule has 0 heterocycles. The molecule has 0 unspecified atom stereocenters. The van der Waals surface area contributed by atoms with E-state index in [9.17, 15) is 4.79 Å². The molecule has 0 saturated heterocycles. The molecule has 1 nitrogen and oxygen atoms in total. The molecule has 28 valence electrons. The van der Waals surface area contributed by atoms with Crippen molar-refractivity contribution in [2.45, 2.75) is 13.3 Å². The fourth-order valence-electron chi connectivity index (χ4n) is 0. The predicted molar refractivity (Wildman–Crippen MR) is 24.3 cm³/mol. The molecule has 0 radical (unpaired) electrons. The van der Waals surface area contributed by atoms with E-state index in [4.69, 9.17) is 0 Å². The topological polar surface area (TPSA) is 17.1 Å². The molecular formula is C3H8CaO. The van der Waals surface area contributed by atoms with Crippen LogP contribution in [-0.4, -0.2) is 44.0 Å². The summed E-state index contributed by atoms with van der Waals surface area (Å²) in [6.45, 7) is 1.81. The van der Waals surface area contributed by atoms with E-state index in [1.165, 1.54) is 0 Å². The van der Waals surface area contributed by atoms with Crippen LogP contribution < -0.4 is 0 Å². The van der Waals surface area contributed by atoms with Crippen molar-refractivity contribution < 1.29 is 7.65 Å². The minimum absolute atomic E-state index is 0. The van der Waals surface area contributed by atoms with Gasteiger partial charge in [-0.3, -0.25) is 0 Å². The van der Waals surface area contributed by atoms with Gasteiger partial charge in [0.05, 0.1) is 0 Å². The van der Waals surface area contributed by atoms with Crippen LogP contribution in [0.3, 0.4) is 0 Å².